The van der Waals surface area contributed by atoms with Crippen LogP contribution in [0.5, 0.6) is 0 Å². The Balaban J connectivity index is 0.00000192. The number of Topliss-reactive ketones (excluding diaryl/α,β-unsaturated/α-hetero) is 1. The van der Waals surface area contributed by atoms with Crippen molar-refractivity contribution in [3.8, 4) is 0 Å². The highest BCUT2D eigenvalue weighted by atomic mass is 35.5. The average Bonchev–Trinajstić information content (AvgIpc) is 2.58. The monoisotopic (exact) mass is 403 g/mol. The van der Waals surface area contributed by atoms with Crippen LogP contribution in [0.4, 0.5) is 0 Å². The number of rotatable bonds is 5. The van der Waals surface area contributed by atoms with Crippen LogP contribution in [0.15, 0.2) is 54.9 Å². The van der Waals surface area contributed by atoms with E-state index in [2.05, 4.69) is 20.9 Å². The molecule has 0 N–H and O–H groups in total. The van der Waals surface area contributed by atoms with Crippen LogP contribution in [0.1, 0.15) is 15.9 Å². The van der Waals surface area contributed by atoms with Crippen LogP contribution in [0, 0.1) is 0 Å². The fourth-order valence-corrected chi connectivity index (χ4v) is 2.77. The Kier molecular flexibility index (Phi) is 11.7. The number of carbonyl (C=O) groups excluding carboxylic acids is 1. The number of halogens is 3. The summed E-state index contributed by atoms with van der Waals surface area (Å²) in [5.74, 6) is 0.210. The SMILES string of the molecule is Cl.Cl.Cl.O=C(CN1CCN(Cc2cccnc2)CC1)c1ccccc1. The van der Waals surface area contributed by atoms with Gasteiger partial charge in [0.15, 0.2) is 5.78 Å². The zero-order chi connectivity index (χ0) is 15.2. The van der Waals surface area contributed by atoms with E-state index in [0.717, 1.165) is 38.3 Å². The van der Waals surface area contributed by atoms with Gasteiger partial charge in [-0.15, -0.1) is 37.2 Å². The third-order valence-corrected chi connectivity index (χ3v) is 4.06. The lowest BCUT2D eigenvalue weighted by Gasteiger charge is -2.34. The highest BCUT2D eigenvalue weighted by molar-refractivity contribution is 5.97. The zero-order valence-corrected chi connectivity index (χ0v) is 16.4. The van der Waals surface area contributed by atoms with E-state index in [-0.39, 0.29) is 43.0 Å². The Hall–Kier alpha value is -1.17. The van der Waals surface area contributed by atoms with Crippen molar-refractivity contribution in [2.75, 3.05) is 32.7 Å². The molecule has 0 saturated carbocycles. The van der Waals surface area contributed by atoms with Gasteiger partial charge in [0.1, 0.15) is 0 Å². The molecule has 0 bridgehead atoms. The van der Waals surface area contributed by atoms with E-state index in [9.17, 15) is 4.79 Å². The quantitative estimate of drug-likeness (QED) is 0.716. The van der Waals surface area contributed by atoms with Crippen molar-refractivity contribution in [3.63, 3.8) is 0 Å². The van der Waals surface area contributed by atoms with Crippen molar-refractivity contribution in [3.05, 3.63) is 66.0 Å². The van der Waals surface area contributed by atoms with Gasteiger partial charge in [-0.25, -0.2) is 0 Å². The molecule has 1 saturated heterocycles. The minimum Gasteiger partial charge on any atom is -0.296 e. The zero-order valence-electron chi connectivity index (χ0n) is 13.9. The minimum absolute atomic E-state index is 0. The smallest absolute Gasteiger partial charge is 0.176 e. The molecule has 0 atom stereocenters. The van der Waals surface area contributed by atoms with Crippen LogP contribution < -0.4 is 0 Å². The number of ketones is 1. The summed E-state index contributed by atoms with van der Waals surface area (Å²) in [5.41, 5.74) is 2.05. The number of pyridine rings is 1. The van der Waals surface area contributed by atoms with E-state index < -0.39 is 0 Å². The van der Waals surface area contributed by atoms with Gasteiger partial charge in [-0.3, -0.25) is 19.6 Å². The highest BCUT2D eigenvalue weighted by Crippen LogP contribution is 2.09. The maximum Gasteiger partial charge on any atom is 0.176 e. The summed E-state index contributed by atoms with van der Waals surface area (Å²) >= 11 is 0. The Morgan fingerprint density at radius 3 is 2.12 bits per heavy atom. The lowest BCUT2D eigenvalue weighted by atomic mass is 10.1. The lowest BCUT2D eigenvalue weighted by Crippen LogP contribution is -2.47. The van der Waals surface area contributed by atoms with Crippen LogP contribution in [0.25, 0.3) is 0 Å². The van der Waals surface area contributed by atoms with Gasteiger partial charge < -0.3 is 0 Å². The van der Waals surface area contributed by atoms with Gasteiger partial charge in [0.2, 0.25) is 0 Å². The van der Waals surface area contributed by atoms with Crippen molar-refractivity contribution in [1.29, 1.82) is 0 Å². The molecule has 0 spiro atoms. The summed E-state index contributed by atoms with van der Waals surface area (Å²) in [6.45, 7) is 5.34. The number of carbonyl (C=O) groups is 1. The van der Waals surface area contributed by atoms with Gasteiger partial charge in [0.25, 0.3) is 0 Å². The van der Waals surface area contributed by atoms with Crippen molar-refractivity contribution in [1.82, 2.24) is 14.8 Å². The van der Waals surface area contributed by atoms with E-state index in [1.165, 1.54) is 5.56 Å². The molecule has 25 heavy (non-hydrogen) atoms. The fraction of sp³-hybridized carbons (Fsp3) is 0.333. The molecule has 1 aliphatic heterocycles. The first-order chi connectivity index (χ1) is 10.8. The molecule has 2 heterocycles. The second-order valence-electron chi connectivity index (χ2n) is 5.70. The second kappa shape index (κ2) is 12.2. The molecule has 138 valence electrons. The highest BCUT2D eigenvalue weighted by Gasteiger charge is 2.19. The first-order valence-corrected chi connectivity index (χ1v) is 7.73. The standard InChI is InChI=1S/C18H21N3O.3ClH/c22-18(17-6-2-1-3-7-17)15-21-11-9-20(10-12-21)14-16-5-4-8-19-13-16;;;/h1-8,13H,9-12,14-15H2;3*1H. The molecule has 0 unspecified atom stereocenters. The molecule has 2 aromatic rings. The molecule has 7 heteroatoms. The van der Waals surface area contributed by atoms with Gasteiger partial charge in [-0.2, -0.15) is 0 Å². The molecule has 1 aromatic heterocycles. The summed E-state index contributed by atoms with van der Waals surface area (Å²) in [6.07, 6.45) is 3.72. The number of hydrogen-bond donors (Lipinski definition) is 0. The Morgan fingerprint density at radius 2 is 1.52 bits per heavy atom. The van der Waals surface area contributed by atoms with E-state index >= 15 is 0 Å². The Labute approximate surface area is 167 Å². The summed E-state index contributed by atoms with van der Waals surface area (Å²) in [5, 5.41) is 0. The number of hydrogen-bond acceptors (Lipinski definition) is 4. The molecule has 1 aliphatic rings. The predicted molar refractivity (Wildman–Crippen MR) is 108 cm³/mol. The van der Waals surface area contributed by atoms with E-state index in [0.29, 0.717) is 6.54 Å². The summed E-state index contributed by atoms with van der Waals surface area (Å²) < 4.78 is 0. The van der Waals surface area contributed by atoms with E-state index in [1.807, 2.05) is 42.6 Å². The third kappa shape index (κ3) is 7.30. The van der Waals surface area contributed by atoms with Crippen molar-refractivity contribution >= 4 is 43.0 Å². The average molecular weight is 405 g/mol. The Morgan fingerprint density at radius 1 is 0.880 bits per heavy atom. The lowest BCUT2D eigenvalue weighted by molar-refractivity contribution is 0.0843. The second-order valence-corrected chi connectivity index (χ2v) is 5.70. The number of aromatic nitrogens is 1. The maximum atomic E-state index is 12.2. The van der Waals surface area contributed by atoms with Gasteiger partial charge in [0.05, 0.1) is 6.54 Å². The number of piperazine rings is 1. The van der Waals surface area contributed by atoms with Crippen LogP contribution in [0.3, 0.4) is 0 Å². The van der Waals surface area contributed by atoms with Crippen LogP contribution in [-0.2, 0) is 6.54 Å². The molecule has 0 radical (unpaired) electrons. The van der Waals surface area contributed by atoms with Gasteiger partial charge in [-0.1, -0.05) is 36.4 Å². The summed E-state index contributed by atoms with van der Waals surface area (Å²) in [6, 6.07) is 13.6. The fourth-order valence-electron chi connectivity index (χ4n) is 2.77. The molecule has 0 amide bonds. The predicted octanol–water partition coefficient (Wildman–Crippen LogP) is 3.35. The number of benzene rings is 1. The molecular weight excluding hydrogens is 381 g/mol. The molecule has 0 aliphatic carbocycles. The molecular formula is C18H24Cl3N3O. The first-order valence-electron chi connectivity index (χ1n) is 7.73. The van der Waals surface area contributed by atoms with E-state index in [1.54, 1.807) is 6.20 Å². The van der Waals surface area contributed by atoms with Crippen molar-refractivity contribution < 1.29 is 4.79 Å². The normalized spacial score (nSPS) is 14.6. The molecule has 1 aromatic carbocycles. The van der Waals surface area contributed by atoms with Crippen molar-refractivity contribution in [2.45, 2.75) is 6.54 Å². The third-order valence-electron chi connectivity index (χ3n) is 4.06. The molecule has 1 fully saturated rings. The van der Waals surface area contributed by atoms with Crippen molar-refractivity contribution in [2.24, 2.45) is 0 Å². The molecule has 3 rings (SSSR count). The van der Waals surface area contributed by atoms with Crippen LogP contribution in [0.2, 0.25) is 0 Å². The summed E-state index contributed by atoms with van der Waals surface area (Å²) in [4.78, 5) is 21.0. The van der Waals surface area contributed by atoms with Gasteiger partial charge in [0, 0.05) is 50.7 Å². The summed E-state index contributed by atoms with van der Waals surface area (Å²) in [7, 11) is 0. The molecule has 4 nitrogen and oxygen atoms in total. The minimum atomic E-state index is 0. The number of nitrogens with zero attached hydrogens (tertiary/aromatic N) is 3. The maximum absolute atomic E-state index is 12.2. The van der Waals surface area contributed by atoms with Gasteiger partial charge >= 0.3 is 0 Å². The topological polar surface area (TPSA) is 36.4 Å². The first kappa shape index (κ1) is 23.8. The van der Waals surface area contributed by atoms with Crippen LogP contribution >= 0.6 is 37.2 Å². The Bertz CT molecular complexity index is 605. The van der Waals surface area contributed by atoms with Gasteiger partial charge in [-0.05, 0) is 11.6 Å². The van der Waals surface area contributed by atoms with Crippen LogP contribution in [-0.4, -0.2) is 53.3 Å². The largest absolute Gasteiger partial charge is 0.296 e. The van der Waals surface area contributed by atoms with E-state index in [4.69, 9.17) is 0 Å².